The number of para-hydroxylation sites is 1. The molecule has 2 heterocycles. The molecule has 1 atom stereocenters. The summed E-state index contributed by atoms with van der Waals surface area (Å²) in [5, 5.41) is 10.8. The number of carbonyl (C=O) groups is 1. The Bertz CT molecular complexity index is 1230. The molecule has 0 radical (unpaired) electrons. The summed E-state index contributed by atoms with van der Waals surface area (Å²) in [5.74, 6) is 0.260. The second kappa shape index (κ2) is 10.6. The van der Waals surface area contributed by atoms with Crippen molar-refractivity contribution in [3.05, 3.63) is 75.8 Å². The lowest BCUT2D eigenvalue weighted by molar-refractivity contribution is 0.0784. The maximum Gasteiger partial charge on any atom is 0.275 e. The average Bonchev–Trinajstić information content (AvgIpc) is 3.38. The van der Waals surface area contributed by atoms with Crippen molar-refractivity contribution in [2.24, 2.45) is 0 Å². The summed E-state index contributed by atoms with van der Waals surface area (Å²) in [4.78, 5) is 33.3. The summed E-state index contributed by atoms with van der Waals surface area (Å²) < 4.78 is 12.4. The average molecular weight is 478 g/mol. The molecule has 184 valence electrons. The number of aryl methyl sites for hydroxylation is 1. The van der Waals surface area contributed by atoms with Gasteiger partial charge >= 0.3 is 0 Å². The Balaban J connectivity index is 1.80. The van der Waals surface area contributed by atoms with E-state index in [-0.39, 0.29) is 11.5 Å². The molecule has 0 bridgehead atoms. The van der Waals surface area contributed by atoms with Gasteiger partial charge in [-0.05, 0) is 30.5 Å². The molecule has 8 nitrogen and oxygen atoms in total. The van der Waals surface area contributed by atoms with Crippen molar-refractivity contribution in [2.75, 3.05) is 27.3 Å². The Morgan fingerprint density at radius 3 is 2.40 bits per heavy atom. The van der Waals surface area contributed by atoms with E-state index in [1.165, 1.54) is 18.8 Å². The number of likely N-dealkylation sites (tertiary alicyclic amines) is 1. The van der Waals surface area contributed by atoms with Gasteiger partial charge in [0.25, 0.3) is 11.5 Å². The molecule has 1 saturated heterocycles. The fraction of sp³-hybridized carbons (Fsp3) is 0.370. The zero-order valence-electron chi connectivity index (χ0n) is 20.4. The van der Waals surface area contributed by atoms with Crippen molar-refractivity contribution in [1.29, 1.82) is 0 Å². The number of methoxy groups -OCH3 is 2. The van der Waals surface area contributed by atoms with Crippen LogP contribution in [0.1, 0.15) is 53.8 Å². The monoisotopic (exact) mass is 477 g/mol. The third kappa shape index (κ3) is 4.73. The topological polar surface area (TPSA) is 93.9 Å². The number of rotatable bonds is 8. The fourth-order valence-corrected chi connectivity index (χ4v) is 4.63. The SMILES string of the molecule is CCCCc1nc(O)c(C(=O)N2CC[C@@H](c3ccccc3)C2)c(=O)n1-c1c(OC)cccc1OC. The molecular formula is C27H31N3O5. The number of aromatic nitrogens is 2. The molecule has 1 fully saturated rings. The molecule has 2 aromatic carbocycles. The van der Waals surface area contributed by atoms with Crippen LogP contribution in [-0.4, -0.2) is 52.8 Å². The third-order valence-electron chi connectivity index (χ3n) is 6.47. The number of carbonyl (C=O) groups excluding carboxylic acids is 1. The Morgan fingerprint density at radius 2 is 1.77 bits per heavy atom. The maximum atomic E-state index is 13.9. The summed E-state index contributed by atoms with van der Waals surface area (Å²) in [5.41, 5.74) is 0.529. The van der Waals surface area contributed by atoms with Crippen LogP contribution < -0.4 is 15.0 Å². The minimum atomic E-state index is -0.639. The highest BCUT2D eigenvalue weighted by molar-refractivity contribution is 5.96. The van der Waals surface area contributed by atoms with Crippen LogP contribution >= 0.6 is 0 Å². The molecule has 3 aromatic rings. The molecule has 0 unspecified atom stereocenters. The van der Waals surface area contributed by atoms with Gasteiger partial charge in [-0.25, -0.2) is 0 Å². The van der Waals surface area contributed by atoms with Crippen molar-refractivity contribution in [3.63, 3.8) is 0 Å². The molecule has 1 N–H and O–H groups in total. The van der Waals surface area contributed by atoms with Crippen molar-refractivity contribution in [1.82, 2.24) is 14.5 Å². The summed E-state index contributed by atoms with van der Waals surface area (Å²) in [6, 6.07) is 15.2. The number of ether oxygens (including phenoxy) is 2. The largest absolute Gasteiger partial charge is 0.494 e. The van der Waals surface area contributed by atoms with Crippen LogP contribution in [0.4, 0.5) is 0 Å². The molecule has 1 aliphatic rings. The molecular weight excluding hydrogens is 446 g/mol. The lowest BCUT2D eigenvalue weighted by Crippen LogP contribution is -2.37. The van der Waals surface area contributed by atoms with Gasteiger partial charge in [0.05, 0.1) is 14.2 Å². The smallest absolute Gasteiger partial charge is 0.275 e. The van der Waals surface area contributed by atoms with E-state index >= 15 is 0 Å². The van der Waals surface area contributed by atoms with E-state index in [4.69, 9.17) is 9.47 Å². The summed E-state index contributed by atoms with van der Waals surface area (Å²) >= 11 is 0. The van der Waals surface area contributed by atoms with E-state index in [2.05, 4.69) is 4.98 Å². The van der Waals surface area contributed by atoms with E-state index < -0.39 is 17.3 Å². The van der Waals surface area contributed by atoms with E-state index in [1.807, 2.05) is 37.3 Å². The first-order valence-corrected chi connectivity index (χ1v) is 11.9. The van der Waals surface area contributed by atoms with Gasteiger partial charge in [0.15, 0.2) is 5.56 Å². The van der Waals surface area contributed by atoms with Gasteiger partial charge in [0.2, 0.25) is 5.88 Å². The van der Waals surface area contributed by atoms with Crippen LogP contribution in [0, 0.1) is 0 Å². The third-order valence-corrected chi connectivity index (χ3v) is 6.47. The first-order valence-electron chi connectivity index (χ1n) is 11.9. The van der Waals surface area contributed by atoms with Crippen molar-refractivity contribution >= 4 is 5.91 Å². The zero-order valence-corrected chi connectivity index (χ0v) is 20.4. The highest BCUT2D eigenvalue weighted by atomic mass is 16.5. The second-order valence-corrected chi connectivity index (χ2v) is 8.63. The molecule has 35 heavy (non-hydrogen) atoms. The highest BCUT2D eigenvalue weighted by Crippen LogP contribution is 2.34. The predicted octanol–water partition coefficient (Wildman–Crippen LogP) is 3.93. The standard InChI is InChI=1S/C27H31N3O5/c1-4-5-14-22-28-25(31)23(26(32)29-16-15-19(17-29)18-10-7-6-8-11-18)27(33)30(22)24-20(34-2)12-9-13-21(24)35-3/h6-13,19,31H,4-5,14-17H2,1-3H3/t19-/m1/s1. The van der Waals surface area contributed by atoms with Gasteiger partial charge in [-0.2, -0.15) is 4.98 Å². The van der Waals surface area contributed by atoms with Crippen LogP contribution in [-0.2, 0) is 6.42 Å². The van der Waals surface area contributed by atoms with E-state index in [0.717, 1.165) is 24.8 Å². The van der Waals surface area contributed by atoms with Crippen LogP contribution in [0.15, 0.2) is 53.3 Å². The first-order chi connectivity index (χ1) is 17.0. The Hall–Kier alpha value is -3.81. The van der Waals surface area contributed by atoms with Gasteiger partial charge in [0.1, 0.15) is 23.0 Å². The van der Waals surface area contributed by atoms with E-state index in [0.29, 0.717) is 42.5 Å². The van der Waals surface area contributed by atoms with Gasteiger partial charge in [-0.1, -0.05) is 49.7 Å². The molecule has 0 aliphatic carbocycles. The number of unbranched alkanes of at least 4 members (excludes halogenated alkanes) is 1. The molecule has 1 aliphatic heterocycles. The minimum absolute atomic E-state index is 0.176. The van der Waals surface area contributed by atoms with Crippen molar-refractivity contribution in [3.8, 4) is 23.1 Å². The van der Waals surface area contributed by atoms with Gasteiger partial charge in [-0.15, -0.1) is 0 Å². The molecule has 1 amide bonds. The number of hydrogen-bond acceptors (Lipinski definition) is 6. The van der Waals surface area contributed by atoms with Gasteiger partial charge in [-0.3, -0.25) is 14.2 Å². The number of amides is 1. The quantitative estimate of drug-likeness (QED) is 0.528. The second-order valence-electron chi connectivity index (χ2n) is 8.63. The van der Waals surface area contributed by atoms with Gasteiger partial charge < -0.3 is 19.5 Å². The molecule has 1 aromatic heterocycles. The Labute approximate surface area is 204 Å². The highest BCUT2D eigenvalue weighted by Gasteiger charge is 2.33. The van der Waals surface area contributed by atoms with Crippen LogP contribution in [0.5, 0.6) is 17.4 Å². The molecule has 8 heteroatoms. The minimum Gasteiger partial charge on any atom is -0.494 e. The van der Waals surface area contributed by atoms with Crippen LogP contribution in [0.3, 0.4) is 0 Å². The van der Waals surface area contributed by atoms with Crippen molar-refractivity contribution in [2.45, 2.75) is 38.5 Å². The number of aromatic hydroxyl groups is 1. The van der Waals surface area contributed by atoms with Crippen LogP contribution in [0.2, 0.25) is 0 Å². The summed E-state index contributed by atoms with van der Waals surface area (Å²) in [7, 11) is 3.01. The van der Waals surface area contributed by atoms with E-state index in [9.17, 15) is 14.7 Å². The first kappa shape index (κ1) is 24.3. The molecule has 0 spiro atoms. The Kier molecular flexibility index (Phi) is 7.39. The predicted molar refractivity (Wildman–Crippen MR) is 133 cm³/mol. The lowest BCUT2D eigenvalue weighted by atomic mass is 9.99. The lowest BCUT2D eigenvalue weighted by Gasteiger charge is -2.21. The normalized spacial score (nSPS) is 15.3. The van der Waals surface area contributed by atoms with Crippen molar-refractivity contribution < 1.29 is 19.4 Å². The summed E-state index contributed by atoms with van der Waals surface area (Å²) in [6.45, 7) is 2.99. The molecule has 0 saturated carbocycles. The van der Waals surface area contributed by atoms with Gasteiger partial charge in [0, 0.05) is 25.4 Å². The number of benzene rings is 2. The zero-order chi connectivity index (χ0) is 24.9. The molecule has 4 rings (SSSR count). The fourth-order valence-electron chi connectivity index (χ4n) is 4.63. The Morgan fingerprint density at radius 1 is 1.09 bits per heavy atom. The summed E-state index contributed by atoms with van der Waals surface area (Å²) in [6.07, 6.45) is 2.85. The number of hydrogen-bond donors (Lipinski definition) is 1. The van der Waals surface area contributed by atoms with E-state index in [1.54, 1.807) is 23.1 Å². The maximum absolute atomic E-state index is 13.9. The number of nitrogens with zero attached hydrogens (tertiary/aromatic N) is 3. The van der Waals surface area contributed by atoms with Crippen LogP contribution in [0.25, 0.3) is 5.69 Å².